The highest BCUT2D eigenvalue weighted by molar-refractivity contribution is 6.01. The molecule has 0 spiro atoms. The van der Waals surface area contributed by atoms with Crippen LogP contribution in [-0.4, -0.2) is 0 Å². The van der Waals surface area contributed by atoms with E-state index in [1.807, 2.05) is 0 Å². The Kier molecular flexibility index (Phi) is 8.95. The highest BCUT2D eigenvalue weighted by atomic mass is 15.1. The molecule has 0 aliphatic carbocycles. The number of benzene rings is 10. The van der Waals surface area contributed by atoms with Crippen LogP contribution in [0, 0.1) is 0 Å². The van der Waals surface area contributed by atoms with Gasteiger partial charge in [0.15, 0.2) is 0 Å². The van der Waals surface area contributed by atoms with Crippen LogP contribution in [0.25, 0.3) is 77.2 Å². The first-order chi connectivity index (χ1) is 28.3. The highest BCUT2D eigenvalue weighted by Gasteiger charge is 2.22. The largest absolute Gasteiger partial charge is 0.310 e. The molecule has 10 aromatic rings. The molecule has 0 aromatic heterocycles. The van der Waals surface area contributed by atoms with Crippen molar-refractivity contribution in [3.63, 3.8) is 0 Å². The Morgan fingerprint density at radius 2 is 0.789 bits per heavy atom. The first kappa shape index (κ1) is 34.0. The second-order valence-corrected chi connectivity index (χ2v) is 14.5. The van der Waals surface area contributed by atoms with Gasteiger partial charge in [-0.3, -0.25) is 0 Å². The maximum Gasteiger partial charge on any atom is 0.0540 e. The first-order valence-corrected chi connectivity index (χ1v) is 19.6. The molecule has 10 aromatic carbocycles. The zero-order valence-corrected chi connectivity index (χ0v) is 31.5. The number of para-hydroxylation sites is 1. The second-order valence-electron chi connectivity index (χ2n) is 14.5. The van der Waals surface area contributed by atoms with Crippen molar-refractivity contribution in [2.45, 2.75) is 0 Å². The van der Waals surface area contributed by atoms with Crippen LogP contribution in [0.1, 0.15) is 0 Å². The van der Waals surface area contributed by atoms with Gasteiger partial charge in [-0.15, -0.1) is 0 Å². The molecule has 0 aliphatic heterocycles. The summed E-state index contributed by atoms with van der Waals surface area (Å²) in [6.45, 7) is 0. The highest BCUT2D eigenvalue weighted by Crippen LogP contribution is 2.47. The summed E-state index contributed by atoms with van der Waals surface area (Å²) in [6, 6.07) is 85.8. The van der Waals surface area contributed by atoms with E-state index in [2.05, 4.69) is 241 Å². The number of hydrogen-bond donors (Lipinski definition) is 0. The van der Waals surface area contributed by atoms with E-state index in [0.29, 0.717) is 0 Å². The van der Waals surface area contributed by atoms with Crippen molar-refractivity contribution in [1.82, 2.24) is 0 Å². The monoisotopic (exact) mass is 725 g/mol. The average molecular weight is 726 g/mol. The number of anilines is 3. The van der Waals surface area contributed by atoms with Gasteiger partial charge >= 0.3 is 0 Å². The molecule has 268 valence electrons. The Bertz CT molecular complexity index is 3010. The van der Waals surface area contributed by atoms with Crippen LogP contribution >= 0.6 is 0 Å². The summed E-state index contributed by atoms with van der Waals surface area (Å²) < 4.78 is 0. The van der Waals surface area contributed by atoms with Crippen LogP contribution in [0.5, 0.6) is 0 Å². The molecule has 0 heterocycles. The predicted octanol–water partition coefficient (Wildman–Crippen LogP) is 15.8. The van der Waals surface area contributed by atoms with E-state index in [4.69, 9.17) is 0 Å². The van der Waals surface area contributed by atoms with Gasteiger partial charge < -0.3 is 4.90 Å². The van der Waals surface area contributed by atoms with Gasteiger partial charge in [-0.05, 0) is 108 Å². The zero-order chi connectivity index (χ0) is 38.0. The molecule has 1 heteroatoms. The minimum atomic E-state index is 1.09. The Morgan fingerprint density at radius 3 is 1.61 bits per heavy atom. The molecular formula is C56H39N. The summed E-state index contributed by atoms with van der Waals surface area (Å²) in [6.07, 6.45) is 0. The first-order valence-electron chi connectivity index (χ1n) is 19.6. The lowest BCUT2D eigenvalue weighted by Crippen LogP contribution is -2.11. The normalized spacial score (nSPS) is 11.2. The molecule has 0 saturated heterocycles. The van der Waals surface area contributed by atoms with Gasteiger partial charge in [0, 0.05) is 16.9 Å². The summed E-state index contributed by atoms with van der Waals surface area (Å²) in [5, 5.41) is 4.90. The standard InChI is InChI=1S/C56H39N/c1-3-17-40(18-4-1)45-34-36-53(52-29-12-11-28-50(52)42-20-5-2-6-21-42)55(39-45)54-30-13-14-32-56(54)57(48-35-33-41-19-7-8-23-44(41)37-48)47-26-15-25-46(38-47)51-31-16-24-43-22-9-10-27-49(43)51/h1-39H. The van der Waals surface area contributed by atoms with E-state index in [0.717, 1.165) is 22.6 Å². The number of hydrogen-bond acceptors (Lipinski definition) is 1. The Labute approximate surface area is 334 Å². The van der Waals surface area contributed by atoms with E-state index in [1.54, 1.807) is 0 Å². The Balaban J connectivity index is 1.23. The van der Waals surface area contributed by atoms with Crippen molar-refractivity contribution in [3.05, 3.63) is 237 Å². The Morgan fingerprint density at radius 1 is 0.228 bits per heavy atom. The topological polar surface area (TPSA) is 3.24 Å². The van der Waals surface area contributed by atoms with E-state index in [9.17, 15) is 0 Å². The average Bonchev–Trinajstić information content (AvgIpc) is 3.29. The van der Waals surface area contributed by atoms with Gasteiger partial charge in [0.05, 0.1) is 5.69 Å². The number of nitrogens with zero attached hydrogens (tertiary/aromatic N) is 1. The van der Waals surface area contributed by atoms with Crippen molar-refractivity contribution >= 4 is 38.6 Å². The fourth-order valence-electron chi connectivity index (χ4n) is 8.33. The van der Waals surface area contributed by atoms with Gasteiger partial charge in [0.2, 0.25) is 0 Å². The Hall–Kier alpha value is -7.48. The maximum atomic E-state index is 2.44. The van der Waals surface area contributed by atoms with Gasteiger partial charge in [0.1, 0.15) is 0 Å². The SMILES string of the molecule is c1ccc(-c2ccc(-c3ccccc3-c3ccccc3)c(-c3ccccc3N(c3cccc(-c4cccc5ccccc45)c3)c3ccc4ccccc4c3)c2)cc1. The molecule has 0 saturated carbocycles. The lowest BCUT2D eigenvalue weighted by atomic mass is 9.86. The quantitative estimate of drug-likeness (QED) is 0.151. The third kappa shape index (κ3) is 6.56. The number of rotatable bonds is 8. The van der Waals surface area contributed by atoms with Crippen LogP contribution in [0.15, 0.2) is 237 Å². The van der Waals surface area contributed by atoms with Crippen molar-refractivity contribution in [1.29, 1.82) is 0 Å². The minimum Gasteiger partial charge on any atom is -0.310 e. The fourth-order valence-corrected chi connectivity index (χ4v) is 8.33. The number of fused-ring (bicyclic) bond motifs is 2. The van der Waals surface area contributed by atoms with Gasteiger partial charge in [-0.1, -0.05) is 200 Å². The molecule has 0 N–H and O–H groups in total. The molecule has 0 aliphatic rings. The van der Waals surface area contributed by atoms with Crippen LogP contribution in [0.2, 0.25) is 0 Å². The third-order valence-corrected chi connectivity index (χ3v) is 11.1. The van der Waals surface area contributed by atoms with Crippen molar-refractivity contribution in [3.8, 4) is 55.6 Å². The van der Waals surface area contributed by atoms with Crippen LogP contribution in [-0.2, 0) is 0 Å². The molecule has 10 rings (SSSR count). The smallest absolute Gasteiger partial charge is 0.0540 e. The predicted molar refractivity (Wildman–Crippen MR) is 243 cm³/mol. The molecule has 0 atom stereocenters. The molecule has 0 radical (unpaired) electrons. The van der Waals surface area contributed by atoms with Crippen LogP contribution in [0.4, 0.5) is 17.1 Å². The molecule has 0 unspecified atom stereocenters. The summed E-state index contributed by atoms with van der Waals surface area (Å²) >= 11 is 0. The second kappa shape index (κ2) is 15.0. The van der Waals surface area contributed by atoms with Crippen LogP contribution < -0.4 is 4.90 Å². The van der Waals surface area contributed by atoms with Gasteiger partial charge in [-0.2, -0.15) is 0 Å². The van der Waals surface area contributed by atoms with E-state index in [1.165, 1.54) is 71.6 Å². The summed E-state index contributed by atoms with van der Waals surface area (Å²) in [5.74, 6) is 0. The van der Waals surface area contributed by atoms with Gasteiger partial charge in [-0.25, -0.2) is 0 Å². The van der Waals surface area contributed by atoms with Crippen molar-refractivity contribution in [2.75, 3.05) is 4.90 Å². The van der Waals surface area contributed by atoms with E-state index >= 15 is 0 Å². The molecule has 0 amide bonds. The third-order valence-electron chi connectivity index (χ3n) is 11.1. The molecule has 0 fully saturated rings. The minimum absolute atomic E-state index is 1.09. The maximum absolute atomic E-state index is 2.44. The zero-order valence-electron chi connectivity index (χ0n) is 31.5. The molecule has 1 nitrogen and oxygen atoms in total. The van der Waals surface area contributed by atoms with Crippen molar-refractivity contribution in [2.24, 2.45) is 0 Å². The lowest BCUT2D eigenvalue weighted by molar-refractivity contribution is 1.29. The molecule has 57 heavy (non-hydrogen) atoms. The van der Waals surface area contributed by atoms with Gasteiger partial charge in [0.25, 0.3) is 0 Å². The molecular weight excluding hydrogens is 687 g/mol. The fraction of sp³-hybridized carbons (Fsp3) is 0. The molecule has 0 bridgehead atoms. The summed E-state index contributed by atoms with van der Waals surface area (Å²) in [7, 11) is 0. The summed E-state index contributed by atoms with van der Waals surface area (Å²) in [4.78, 5) is 2.44. The van der Waals surface area contributed by atoms with Crippen LogP contribution in [0.3, 0.4) is 0 Å². The lowest BCUT2D eigenvalue weighted by Gasteiger charge is -2.29. The van der Waals surface area contributed by atoms with E-state index < -0.39 is 0 Å². The van der Waals surface area contributed by atoms with E-state index in [-0.39, 0.29) is 0 Å². The van der Waals surface area contributed by atoms with Crippen molar-refractivity contribution < 1.29 is 0 Å². The summed E-state index contributed by atoms with van der Waals surface area (Å²) in [5.41, 5.74) is 15.2.